The van der Waals surface area contributed by atoms with E-state index in [0.717, 1.165) is 23.4 Å². The second-order valence-corrected chi connectivity index (χ2v) is 5.69. The van der Waals surface area contributed by atoms with E-state index in [1.54, 1.807) is 6.07 Å². The molecule has 3 N–H and O–H groups in total. The van der Waals surface area contributed by atoms with Gasteiger partial charge in [-0.15, -0.1) is 0 Å². The number of rotatable bonds is 0. The first-order valence-electron chi connectivity index (χ1n) is 5.65. The summed E-state index contributed by atoms with van der Waals surface area (Å²) >= 11 is 1.97. The van der Waals surface area contributed by atoms with Crippen molar-refractivity contribution < 1.29 is 4.39 Å². The predicted octanol–water partition coefficient (Wildman–Crippen LogP) is 2.37. The van der Waals surface area contributed by atoms with Gasteiger partial charge in [0.1, 0.15) is 5.82 Å². The van der Waals surface area contributed by atoms with E-state index in [9.17, 15) is 4.39 Å². The second-order valence-electron chi connectivity index (χ2n) is 4.54. The topological polar surface area (TPSA) is 38.0 Å². The number of nitrogens with one attached hydrogen (secondary N) is 1. The van der Waals surface area contributed by atoms with Crippen molar-refractivity contribution in [3.8, 4) is 0 Å². The number of fused-ring (bicyclic) bond motifs is 2. The van der Waals surface area contributed by atoms with Crippen LogP contribution in [0.4, 0.5) is 10.1 Å². The van der Waals surface area contributed by atoms with Crippen molar-refractivity contribution in [3.63, 3.8) is 0 Å². The number of hydrogen-bond donors (Lipinski definition) is 2. The number of nitrogens with two attached hydrogens (primary N) is 1. The van der Waals surface area contributed by atoms with Gasteiger partial charge in [-0.3, -0.25) is 0 Å². The molecule has 2 heterocycles. The van der Waals surface area contributed by atoms with Gasteiger partial charge < -0.3 is 11.1 Å². The maximum absolute atomic E-state index is 13.2. The molecule has 0 radical (unpaired) electrons. The van der Waals surface area contributed by atoms with E-state index in [4.69, 9.17) is 5.73 Å². The Balaban J connectivity index is 1.99. The molecule has 0 bridgehead atoms. The Morgan fingerprint density at radius 3 is 3.19 bits per heavy atom. The van der Waals surface area contributed by atoms with Gasteiger partial charge in [-0.2, -0.15) is 11.8 Å². The van der Waals surface area contributed by atoms with Gasteiger partial charge in [0, 0.05) is 23.7 Å². The summed E-state index contributed by atoms with van der Waals surface area (Å²) in [5.41, 5.74) is 8.23. The molecule has 0 saturated carbocycles. The van der Waals surface area contributed by atoms with E-state index in [0.29, 0.717) is 12.0 Å². The molecule has 0 aromatic heterocycles. The van der Waals surface area contributed by atoms with Gasteiger partial charge in [-0.05, 0) is 35.6 Å². The van der Waals surface area contributed by atoms with Gasteiger partial charge in [-0.1, -0.05) is 6.07 Å². The average Bonchev–Trinajstić information content (AvgIpc) is 2.29. The van der Waals surface area contributed by atoms with E-state index in [1.165, 1.54) is 11.8 Å². The van der Waals surface area contributed by atoms with Gasteiger partial charge in [-0.25, -0.2) is 4.39 Å². The van der Waals surface area contributed by atoms with Crippen molar-refractivity contribution in [2.24, 2.45) is 11.7 Å². The molecule has 1 saturated heterocycles. The number of hydrogen-bond acceptors (Lipinski definition) is 3. The van der Waals surface area contributed by atoms with Gasteiger partial charge in [0.25, 0.3) is 0 Å². The van der Waals surface area contributed by atoms with Crippen molar-refractivity contribution in [2.75, 3.05) is 16.8 Å². The fourth-order valence-corrected chi connectivity index (χ4v) is 3.97. The van der Waals surface area contributed by atoms with Crippen LogP contribution in [0.5, 0.6) is 0 Å². The molecule has 1 aromatic rings. The SMILES string of the molecule is NC1c2ccc(F)cc2NC2CCSCC21. The van der Waals surface area contributed by atoms with Crippen LogP contribution in [0.2, 0.25) is 0 Å². The largest absolute Gasteiger partial charge is 0.382 e. The third kappa shape index (κ3) is 1.60. The van der Waals surface area contributed by atoms with E-state index in [1.807, 2.05) is 17.8 Å². The highest BCUT2D eigenvalue weighted by atomic mass is 32.2. The third-order valence-corrected chi connectivity index (χ3v) is 4.72. The molecule has 3 unspecified atom stereocenters. The number of benzene rings is 1. The molecule has 3 atom stereocenters. The summed E-state index contributed by atoms with van der Waals surface area (Å²) in [4.78, 5) is 0. The minimum atomic E-state index is -0.193. The van der Waals surface area contributed by atoms with E-state index in [-0.39, 0.29) is 11.9 Å². The molecule has 4 heteroatoms. The zero-order valence-corrected chi connectivity index (χ0v) is 9.77. The smallest absolute Gasteiger partial charge is 0.125 e. The Morgan fingerprint density at radius 1 is 1.44 bits per heavy atom. The van der Waals surface area contributed by atoms with Crippen LogP contribution < -0.4 is 11.1 Å². The highest BCUT2D eigenvalue weighted by Crippen LogP contribution is 2.40. The van der Waals surface area contributed by atoms with E-state index >= 15 is 0 Å². The van der Waals surface area contributed by atoms with Crippen molar-refractivity contribution >= 4 is 17.4 Å². The molecule has 1 aromatic carbocycles. The summed E-state index contributed by atoms with van der Waals surface area (Å²) in [7, 11) is 0. The molecule has 2 nitrogen and oxygen atoms in total. The van der Waals surface area contributed by atoms with Crippen molar-refractivity contribution in [3.05, 3.63) is 29.6 Å². The lowest BCUT2D eigenvalue weighted by Crippen LogP contribution is -2.44. The summed E-state index contributed by atoms with van der Waals surface area (Å²) in [6.45, 7) is 0. The summed E-state index contributed by atoms with van der Waals surface area (Å²) < 4.78 is 13.2. The third-order valence-electron chi connectivity index (χ3n) is 3.58. The molecule has 1 fully saturated rings. The van der Waals surface area contributed by atoms with Gasteiger partial charge in [0.15, 0.2) is 0 Å². The first kappa shape index (κ1) is 10.4. The van der Waals surface area contributed by atoms with E-state index in [2.05, 4.69) is 5.32 Å². The Bertz CT molecular complexity index is 410. The molecule has 86 valence electrons. The predicted molar refractivity (Wildman–Crippen MR) is 66.2 cm³/mol. The fraction of sp³-hybridized carbons (Fsp3) is 0.500. The zero-order valence-electron chi connectivity index (χ0n) is 8.95. The molecular weight excluding hydrogens is 223 g/mol. The first-order valence-corrected chi connectivity index (χ1v) is 6.80. The van der Waals surface area contributed by atoms with Crippen LogP contribution in [0.3, 0.4) is 0 Å². The second kappa shape index (κ2) is 3.93. The lowest BCUT2D eigenvalue weighted by Gasteiger charge is -2.41. The molecule has 2 aliphatic heterocycles. The van der Waals surface area contributed by atoms with Crippen LogP contribution in [0.25, 0.3) is 0 Å². The van der Waals surface area contributed by atoms with Crippen LogP contribution >= 0.6 is 11.8 Å². The quantitative estimate of drug-likeness (QED) is 0.728. The molecular formula is C12H15FN2S. The van der Waals surface area contributed by atoms with Crippen molar-refractivity contribution in [1.82, 2.24) is 0 Å². The van der Waals surface area contributed by atoms with Gasteiger partial charge in [0.2, 0.25) is 0 Å². The lowest BCUT2D eigenvalue weighted by atomic mass is 9.83. The monoisotopic (exact) mass is 238 g/mol. The summed E-state index contributed by atoms with van der Waals surface area (Å²) in [5.74, 6) is 2.57. The van der Waals surface area contributed by atoms with Gasteiger partial charge >= 0.3 is 0 Å². The van der Waals surface area contributed by atoms with Crippen LogP contribution in [-0.4, -0.2) is 17.5 Å². The maximum atomic E-state index is 13.2. The number of thioether (sulfide) groups is 1. The highest BCUT2D eigenvalue weighted by molar-refractivity contribution is 7.99. The van der Waals surface area contributed by atoms with Crippen molar-refractivity contribution in [1.29, 1.82) is 0 Å². The molecule has 16 heavy (non-hydrogen) atoms. The van der Waals surface area contributed by atoms with Crippen molar-refractivity contribution in [2.45, 2.75) is 18.5 Å². The Kier molecular flexibility index (Phi) is 2.56. The average molecular weight is 238 g/mol. The molecule has 0 amide bonds. The number of halogens is 1. The fourth-order valence-electron chi connectivity index (χ4n) is 2.67. The minimum absolute atomic E-state index is 0.0506. The maximum Gasteiger partial charge on any atom is 0.125 e. The number of anilines is 1. The zero-order chi connectivity index (χ0) is 11.1. The molecule has 0 aliphatic carbocycles. The summed E-state index contributed by atoms with van der Waals surface area (Å²) in [5, 5.41) is 3.44. The Labute approximate surface area is 98.8 Å². The van der Waals surface area contributed by atoms with Crippen LogP contribution in [-0.2, 0) is 0 Å². The van der Waals surface area contributed by atoms with Crippen LogP contribution in [0, 0.1) is 11.7 Å². The highest BCUT2D eigenvalue weighted by Gasteiger charge is 2.36. The van der Waals surface area contributed by atoms with Crippen LogP contribution in [0.1, 0.15) is 18.0 Å². The first-order chi connectivity index (χ1) is 7.75. The standard InChI is InChI=1S/C12H15FN2S/c13-7-1-2-8-11(5-7)15-10-3-4-16-6-9(10)12(8)14/h1-2,5,9-10,12,15H,3-4,6,14H2. The Hall–Kier alpha value is -0.740. The van der Waals surface area contributed by atoms with E-state index < -0.39 is 0 Å². The summed E-state index contributed by atoms with van der Waals surface area (Å²) in [6, 6.07) is 5.35. The molecule has 2 aliphatic rings. The normalized spacial score (nSPS) is 32.5. The van der Waals surface area contributed by atoms with Gasteiger partial charge in [0.05, 0.1) is 0 Å². The Morgan fingerprint density at radius 2 is 2.31 bits per heavy atom. The van der Waals surface area contributed by atoms with Crippen LogP contribution in [0.15, 0.2) is 18.2 Å². The molecule has 0 spiro atoms. The summed E-state index contributed by atoms with van der Waals surface area (Å²) in [6.07, 6.45) is 1.12. The lowest BCUT2D eigenvalue weighted by molar-refractivity contribution is 0.381. The molecule has 3 rings (SSSR count). The minimum Gasteiger partial charge on any atom is -0.382 e.